The molecule has 0 aliphatic carbocycles. The van der Waals surface area contributed by atoms with Crippen molar-refractivity contribution in [3.63, 3.8) is 0 Å². The van der Waals surface area contributed by atoms with Crippen molar-refractivity contribution in [3.05, 3.63) is 23.8 Å². The predicted molar refractivity (Wildman–Crippen MR) is 74.9 cm³/mol. The molecule has 0 fully saturated rings. The Morgan fingerprint density at radius 2 is 2.21 bits per heavy atom. The minimum atomic E-state index is -3.44. The van der Waals surface area contributed by atoms with Gasteiger partial charge >= 0.3 is 0 Å². The van der Waals surface area contributed by atoms with Crippen molar-refractivity contribution in [2.45, 2.75) is 17.7 Å². The monoisotopic (exact) mass is 284 g/mol. The number of anilines is 1. The van der Waals surface area contributed by atoms with E-state index < -0.39 is 10.0 Å². The van der Waals surface area contributed by atoms with E-state index in [1.54, 1.807) is 26.3 Å². The fraction of sp³-hybridized carbons (Fsp3) is 0.538. The lowest BCUT2D eigenvalue weighted by atomic mass is 10.0. The van der Waals surface area contributed by atoms with Crippen molar-refractivity contribution >= 4 is 15.7 Å². The van der Waals surface area contributed by atoms with E-state index in [2.05, 4.69) is 5.32 Å². The summed E-state index contributed by atoms with van der Waals surface area (Å²) >= 11 is 0. The Hall–Kier alpha value is -1.11. The zero-order valence-corrected chi connectivity index (χ0v) is 12.2. The number of hydrogen-bond donors (Lipinski definition) is 1. The Balaban J connectivity index is 2.35. The maximum absolute atomic E-state index is 12.6. The van der Waals surface area contributed by atoms with E-state index in [1.807, 2.05) is 6.07 Å². The summed E-state index contributed by atoms with van der Waals surface area (Å²) in [7, 11) is -0.288. The molecule has 6 heteroatoms. The number of likely N-dealkylation sites (N-methyl/N-ethyl adjacent to an activating group) is 1. The number of ether oxygens (including phenoxy) is 1. The van der Waals surface area contributed by atoms with Gasteiger partial charge in [-0.1, -0.05) is 6.07 Å². The van der Waals surface area contributed by atoms with Gasteiger partial charge in [0.15, 0.2) is 0 Å². The van der Waals surface area contributed by atoms with Crippen molar-refractivity contribution < 1.29 is 13.2 Å². The van der Waals surface area contributed by atoms with Crippen LogP contribution in [0.1, 0.15) is 12.0 Å². The second kappa shape index (κ2) is 5.90. The topological polar surface area (TPSA) is 58.6 Å². The summed E-state index contributed by atoms with van der Waals surface area (Å²) in [6.07, 6.45) is 1.76. The molecule has 1 aliphatic heterocycles. The molecule has 0 saturated carbocycles. The fourth-order valence-corrected chi connectivity index (χ4v) is 3.65. The standard InChI is InChI=1S/C13H20N2O3S/c1-15(9-10-18-2)19(16,17)13-7-3-6-12-11(13)5-4-8-14-12/h3,6-7,14H,4-5,8-10H2,1-2H3. The maximum Gasteiger partial charge on any atom is 0.243 e. The second-order valence-corrected chi connectivity index (χ2v) is 6.65. The summed E-state index contributed by atoms with van der Waals surface area (Å²) in [4.78, 5) is 0.413. The summed E-state index contributed by atoms with van der Waals surface area (Å²) in [5.74, 6) is 0. The van der Waals surface area contributed by atoms with E-state index in [0.717, 1.165) is 30.6 Å². The lowest BCUT2D eigenvalue weighted by molar-refractivity contribution is 0.185. The molecular formula is C13H20N2O3S. The molecule has 0 bridgehead atoms. The van der Waals surface area contributed by atoms with Gasteiger partial charge in [-0.05, 0) is 30.5 Å². The smallest absolute Gasteiger partial charge is 0.243 e. The quantitative estimate of drug-likeness (QED) is 0.886. The van der Waals surface area contributed by atoms with E-state index in [-0.39, 0.29) is 0 Å². The number of nitrogens with one attached hydrogen (secondary N) is 1. The van der Waals surface area contributed by atoms with Crippen LogP contribution >= 0.6 is 0 Å². The SMILES string of the molecule is COCCN(C)S(=O)(=O)c1cccc2c1CCCN2. The highest BCUT2D eigenvalue weighted by molar-refractivity contribution is 7.89. The highest BCUT2D eigenvalue weighted by Crippen LogP contribution is 2.29. The molecule has 19 heavy (non-hydrogen) atoms. The van der Waals surface area contributed by atoms with E-state index in [9.17, 15) is 8.42 Å². The Kier molecular flexibility index (Phi) is 4.44. The van der Waals surface area contributed by atoms with E-state index in [0.29, 0.717) is 18.0 Å². The molecule has 0 amide bonds. The summed E-state index contributed by atoms with van der Waals surface area (Å²) in [5.41, 5.74) is 1.84. The number of rotatable bonds is 5. The van der Waals surface area contributed by atoms with Gasteiger partial charge in [0.25, 0.3) is 0 Å². The molecule has 1 aliphatic rings. The van der Waals surface area contributed by atoms with Gasteiger partial charge in [0.2, 0.25) is 10.0 Å². The molecule has 0 atom stereocenters. The van der Waals surface area contributed by atoms with Crippen LogP contribution in [-0.2, 0) is 21.2 Å². The molecule has 106 valence electrons. The summed E-state index contributed by atoms with van der Waals surface area (Å²) < 4.78 is 31.4. The number of benzene rings is 1. The summed E-state index contributed by atoms with van der Waals surface area (Å²) in [6, 6.07) is 5.40. The lowest BCUT2D eigenvalue weighted by Crippen LogP contribution is -2.31. The van der Waals surface area contributed by atoms with Crippen LogP contribution in [0.15, 0.2) is 23.1 Å². The molecule has 0 unspecified atom stereocenters. The van der Waals surface area contributed by atoms with E-state index in [4.69, 9.17) is 4.74 Å². The first-order valence-electron chi connectivity index (χ1n) is 6.38. The first-order valence-corrected chi connectivity index (χ1v) is 7.82. The molecule has 1 heterocycles. The van der Waals surface area contributed by atoms with Crippen LogP contribution in [0.2, 0.25) is 0 Å². The number of sulfonamides is 1. The van der Waals surface area contributed by atoms with Gasteiger partial charge in [-0.2, -0.15) is 4.31 Å². The highest BCUT2D eigenvalue weighted by atomic mass is 32.2. The predicted octanol–water partition coefficient (Wildman–Crippen LogP) is 1.31. The van der Waals surface area contributed by atoms with Gasteiger partial charge in [0.1, 0.15) is 0 Å². The van der Waals surface area contributed by atoms with Crippen LogP contribution in [0.4, 0.5) is 5.69 Å². The van der Waals surface area contributed by atoms with Crippen molar-refractivity contribution in [2.75, 3.05) is 39.2 Å². The second-order valence-electron chi connectivity index (χ2n) is 4.63. The largest absolute Gasteiger partial charge is 0.385 e. The number of nitrogens with zero attached hydrogens (tertiary/aromatic N) is 1. The third-order valence-electron chi connectivity index (χ3n) is 3.35. The fourth-order valence-electron chi connectivity index (χ4n) is 2.23. The van der Waals surface area contributed by atoms with Gasteiger partial charge in [-0.15, -0.1) is 0 Å². The van der Waals surface area contributed by atoms with Crippen molar-refractivity contribution in [3.8, 4) is 0 Å². The molecule has 0 saturated heterocycles. The summed E-state index contributed by atoms with van der Waals surface area (Å²) in [6.45, 7) is 1.65. The lowest BCUT2D eigenvalue weighted by Gasteiger charge is -2.23. The Morgan fingerprint density at radius 1 is 1.42 bits per heavy atom. The number of methoxy groups -OCH3 is 1. The molecule has 0 aromatic heterocycles. The Bertz CT molecular complexity index is 543. The van der Waals surface area contributed by atoms with Gasteiger partial charge < -0.3 is 10.1 Å². The van der Waals surface area contributed by atoms with Crippen molar-refractivity contribution in [1.82, 2.24) is 4.31 Å². The van der Waals surface area contributed by atoms with Crippen molar-refractivity contribution in [2.24, 2.45) is 0 Å². The average molecular weight is 284 g/mol. The van der Waals surface area contributed by atoms with E-state index >= 15 is 0 Å². The molecule has 0 radical (unpaired) electrons. The average Bonchev–Trinajstić information content (AvgIpc) is 2.43. The number of hydrogen-bond acceptors (Lipinski definition) is 4. The first kappa shape index (κ1) is 14.3. The van der Waals surface area contributed by atoms with Crippen LogP contribution in [0.25, 0.3) is 0 Å². The van der Waals surface area contributed by atoms with Gasteiger partial charge in [-0.25, -0.2) is 8.42 Å². The summed E-state index contributed by atoms with van der Waals surface area (Å²) in [5, 5.41) is 3.25. The zero-order chi connectivity index (χ0) is 13.9. The van der Waals surface area contributed by atoms with Gasteiger partial charge in [0.05, 0.1) is 11.5 Å². The van der Waals surface area contributed by atoms with Gasteiger partial charge in [-0.3, -0.25) is 0 Å². The Morgan fingerprint density at radius 3 is 2.95 bits per heavy atom. The normalized spacial score (nSPS) is 15.1. The maximum atomic E-state index is 12.6. The third-order valence-corrected chi connectivity index (χ3v) is 5.29. The molecule has 1 N–H and O–H groups in total. The third kappa shape index (κ3) is 2.91. The number of fused-ring (bicyclic) bond motifs is 1. The minimum Gasteiger partial charge on any atom is -0.385 e. The molecule has 0 spiro atoms. The van der Waals surface area contributed by atoms with Crippen LogP contribution in [0.5, 0.6) is 0 Å². The molecular weight excluding hydrogens is 264 g/mol. The van der Waals surface area contributed by atoms with E-state index in [1.165, 1.54) is 4.31 Å². The Labute approximate surface area is 114 Å². The zero-order valence-electron chi connectivity index (χ0n) is 11.3. The minimum absolute atomic E-state index is 0.357. The highest BCUT2D eigenvalue weighted by Gasteiger charge is 2.25. The molecule has 5 nitrogen and oxygen atoms in total. The van der Waals surface area contributed by atoms with Gasteiger partial charge in [0, 0.05) is 32.9 Å². The van der Waals surface area contributed by atoms with Crippen molar-refractivity contribution in [1.29, 1.82) is 0 Å². The van der Waals surface area contributed by atoms with Crippen LogP contribution in [0.3, 0.4) is 0 Å². The molecule has 1 aromatic rings. The van der Waals surface area contributed by atoms with Crippen LogP contribution in [-0.4, -0.2) is 46.6 Å². The molecule has 1 aromatic carbocycles. The van der Waals surface area contributed by atoms with Crippen LogP contribution < -0.4 is 5.32 Å². The van der Waals surface area contributed by atoms with Crippen LogP contribution in [0, 0.1) is 0 Å². The molecule has 2 rings (SSSR count). The first-order chi connectivity index (χ1) is 9.07.